The Labute approximate surface area is 242 Å². The number of carbonyl (C=O) groups excluding carboxylic acids is 1. The summed E-state index contributed by atoms with van der Waals surface area (Å²) in [4.78, 5) is 25.4. The molecule has 1 N–H and O–H groups in total. The third kappa shape index (κ3) is 6.25. The van der Waals surface area contributed by atoms with Crippen molar-refractivity contribution in [3.8, 4) is 11.6 Å². The summed E-state index contributed by atoms with van der Waals surface area (Å²) in [6, 6.07) is 22.8. The van der Waals surface area contributed by atoms with Gasteiger partial charge in [-0.25, -0.2) is 9.78 Å². The molecule has 3 saturated heterocycles. The first kappa shape index (κ1) is 27.7. The number of ether oxygens (including phenoxy) is 2. The molecule has 8 nitrogen and oxygen atoms in total. The van der Waals surface area contributed by atoms with E-state index in [-0.39, 0.29) is 30.8 Å². The number of aromatic nitrogens is 1. The van der Waals surface area contributed by atoms with E-state index in [0.29, 0.717) is 11.6 Å². The molecule has 41 heavy (non-hydrogen) atoms. The van der Waals surface area contributed by atoms with Gasteiger partial charge < -0.3 is 24.4 Å². The van der Waals surface area contributed by atoms with E-state index in [1.807, 2.05) is 43.3 Å². The highest BCUT2D eigenvalue weighted by atomic mass is 16.5. The number of likely N-dealkylation sites (tertiary alicyclic amines) is 1. The lowest BCUT2D eigenvalue weighted by molar-refractivity contribution is 0.0493. The number of nitrogens with zero attached hydrogens (tertiary/aromatic N) is 4. The highest BCUT2D eigenvalue weighted by Crippen LogP contribution is 2.37. The summed E-state index contributed by atoms with van der Waals surface area (Å²) in [6.45, 7) is 7.01. The maximum Gasteiger partial charge on any atom is 0.321 e. The van der Waals surface area contributed by atoms with Crippen molar-refractivity contribution >= 4 is 6.03 Å². The zero-order chi connectivity index (χ0) is 28.2. The van der Waals surface area contributed by atoms with Gasteiger partial charge in [-0.05, 0) is 61.4 Å². The second kappa shape index (κ2) is 12.6. The second-order valence-electron chi connectivity index (χ2n) is 11.4. The standard InChI is InChI=1S/C33H40N4O4/c1-24-27(9-12-32(34-24)41-30-10-7-25(23-38)8-11-30)21-35-17-13-29(14-18-35)37-31(26-5-3-2-4-6-26)22-36(33(37)39)28-15-19-40-20-16-28/h2-12,28-29,31,38H,13-23H2,1H3. The Hall–Kier alpha value is -3.46. The number of aryl methyl sites for hydroxylation is 1. The molecule has 3 fully saturated rings. The smallest absolute Gasteiger partial charge is 0.321 e. The number of benzene rings is 2. The van der Waals surface area contributed by atoms with E-state index in [1.165, 1.54) is 11.1 Å². The minimum atomic E-state index is 0.0142. The minimum absolute atomic E-state index is 0.0142. The third-order valence-corrected chi connectivity index (χ3v) is 8.83. The van der Waals surface area contributed by atoms with Crippen molar-refractivity contribution in [3.05, 3.63) is 89.1 Å². The molecule has 0 radical (unpaired) electrons. The molecule has 4 heterocycles. The lowest BCUT2D eigenvalue weighted by atomic mass is 9.98. The highest BCUT2D eigenvalue weighted by Gasteiger charge is 2.45. The predicted octanol–water partition coefficient (Wildman–Crippen LogP) is 5.30. The van der Waals surface area contributed by atoms with Gasteiger partial charge in [0.25, 0.3) is 0 Å². The van der Waals surface area contributed by atoms with Crippen LogP contribution in [0.4, 0.5) is 4.79 Å². The van der Waals surface area contributed by atoms with Crippen LogP contribution >= 0.6 is 0 Å². The van der Waals surface area contributed by atoms with Crippen molar-refractivity contribution in [2.45, 2.75) is 63.9 Å². The number of piperidine rings is 1. The Kier molecular flexibility index (Phi) is 8.51. The number of urea groups is 1. The lowest BCUT2D eigenvalue weighted by Gasteiger charge is -2.39. The van der Waals surface area contributed by atoms with Crippen LogP contribution in [0.1, 0.15) is 54.1 Å². The van der Waals surface area contributed by atoms with E-state index < -0.39 is 0 Å². The SMILES string of the molecule is Cc1nc(Oc2ccc(CO)cc2)ccc1CN1CCC(N2C(=O)N(C3CCOCC3)CC2c2ccccc2)CC1. The van der Waals surface area contributed by atoms with Crippen molar-refractivity contribution in [1.29, 1.82) is 0 Å². The number of rotatable bonds is 8. The molecule has 0 saturated carbocycles. The van der Waals surface area contributed by atoms with Gasteiger partial charge in [-0.2, -0.15) is 0 Å². The van der Waals surface area contributed by atoms with Crippen LogP contribution < -0.4 is 4.74 Å². The number of aliphatic hydroxyl groups is 1. The monoisotopic (exact) mass is 556 g/mol. The number of carbonyl (C=O) groups is 1. The van der Waals surface area contributed by atoms with Crippen molar-refractivity contribution in [3.63, 3.8) is 0 Å². The fraction of sp³-hybridized carbons (Fsp3) is 0.455. The summed E-state index contributed by atoms with van der Waals surface area (Å²) in [5.41, 5.74) is 4.23. The molecular weight excluding hydrogens is 516 g/mol. The Morgan fingerprint density at radius 2 is 1.66 bits per heavy atom. The van der Waals surface area contributed by atoms with Crippen molar-refractivity contribution < 1.29 is 19.4 Å². The Bertz CT molecular complexity index is 1300. The Balaban J connectivity index is 1.09. The van der Waals surface area contributed by atoms with E-state index in [0.717, 1.165) is 76.3 Å². The fourth-order valence-electron chi connectivity index (χ4n) is 6.46. The largest absolute Gasteiger partial charge is 0.439 e. The maximum absolute atomic E-state index is 13.9. The summed E-state index contributed by atoms with van der Waals surface area (Å²) in [5, 5.41) is 9.24. The molecule has 1 atom stereocenters. The van der Waals surface area contributed by atoms with Crippen LogP contribution in [0.25, 0.3) is 0 Å². The van der Waals surface area contributed by atoms with E-state index in [4.69, 9.17) is 14.5 Å². The van der Waals surface area contributed by atoms with Gasteiger partial charge in [0.15, 0.2) is 0 Å². The van der Waals surface area contributed by atoms with Gasteiger partial charge in [0.2, 0.25) is 5.88 Å². The van der Waals surface area contributed by atoms with E-state index >= 15 is 0 Å². The molecule has 2 aromatic carbocycles. The van der Waals surface area contributed by atoms with Gasteiger partial charge in [0, 0.05) is 63.2 Å². The molecule has 0 bridgehead atoms. The van der Waals surface area contributed by atoms with Gasteiger partial charge >= 0.3 is 6.03 Å². The quantitative estimate of drug-likeness (QED) is 0.406. The van der Waals surface area contributed by atoms with E-state index in [9.17, 15) is 9.90 Å². The van der Waals surface area contributed by atoms with Gasteiger partial charge in [0.1, 0.15) is 5.75 Å². The van der Waals surface area contributed by atoms with E-state index in [2.05, 4.69) is 45.0 Å². The molecule has 1 unspecified atom stereocenters. The normalized spacial score (nSPS) is 21.0. The van der Waals surface area contributed by atoms with Crippen molar-refractivity contribution in [1.82, 2.24) is 19.7 Å². The minimum Gasteiger partial charge on any atom is -0.439 e. The molecule has 216 valence electrons. The topological polar surface area (TPSA) is 78.4 Å². The number of aliphatic hydroxyl groups excluding tert-OH is 1. The summed E-state index contributed by atoms with van der Waals surface area (Å²) in [6.07, 6.45) is 3.78. The molecule has 3 aromatic rings. The van der Waals surface area contributed by atoms with Crippen LogP contribution in [-0.4, -0.2) is 75.8 Å². The molecule has 0 aliphatic carbocycles. The van der Waals surface area contributed by atoms with Crippen molar-refractivity contribution in [2.75, 3.05) is 32.8 Å². The van der Waals surface area contributed by atoms with Crippen LogP contribution in [0.2, 0.25) is 0 Å². The second-order valence-corrected chi connectivity index (χ2v) is 11.4. The summed E-state index contributed by atoms with van der Waals surface area (Å²) in [5.74, 6) is 1.26. The summed E-state index contributed by atoms with van der Waals surface area (Å²) < 4.78 is 11.5. The van der Waals surface area contributed by atoms with Crippen LogP contribution in [0.15, 0.2) is 66.7 Å². The Morgan fingerprint density at radius 3 is 2.34 bits per heavy atom. The third-order valence-electron chi connectivity index (χ3n) is 8.83. The number of hydrogen-bond donors (Lipinski definition) is 1. The average Bonchev–Trinajstić information content (AvgIpc) is 3.37. The molecule has 1 aromatic heterocycles. The number of amides is 2. The van der Waals surface area contributed by atoms with E-state index in [1.54, 1.807) is 0 Å². The van der Waals surface area contributed by atoms with Gasteiger partial charge in [0.05, 0.1) is 12.6 Å². The molecule has 6 rings (SSSR count). The van der Waals surface area contributed by atoms with Crippen LogP contribution in [0, 0.1) is 6.92 Å². The summed E-state index contributed by atoms with van der Waals surface area (Å²) >= 11 is 0. The first-order chi connectivity index (χ1) is 20.1. The van der Waals surface area contributed by atoms with Crippen LogP contribution in [-0.2, 0) is 17.9 Å². The van der Waals surface area contributed by atoms with Gasteiger partial charge in [-0.1, -0.05) is 48.5 Å². The average molecular weight is 557 g/mol. The van der Waals surface area contributed by atoms with Crippen LogP contribution in [0.5, 0.6) is 11.6 Å². The number of hydrogen-bond acceptors (Lipinski definition) is 6. The maximum atomic E-state index is 13.9. The Morgan fingerprint density at radius 1 is 0.927 bits per heavy atom. The molecule has 3 aliphatic heterocycles. The predicted molar refractivity (Wildman–Crippen MR) is 157 cm³/mol. The summed E-state index contributed by atoms with van der Waals surface area (Å²) in [7, 11) is 0. The first-order valence-electron chi connectivity index (χ1n) is 14.9. The fourth-order valence-corrected chi connectivity index (χ4v) is 6.46. The first-order valence-corrected chi connectivity index (χ1v) is 14.9. The van der Waals surface area contributed by atoms with Crippen LogP contribution in [0.3, 0.4) is 0 Å². The number of pyridine rings is 1. The molecule has 0 spiro atoms. The molecular formula is C33H40N4O4. The zero-order valence-corrected chi connectivity index (χ0v) is 23.8. The highest BCUT2D eigenvalue weighted by molar-refractivity contribution is 5.78. The molecule has 2 amide bonds. The van der Waals surface area contributed by atoms with Gasteiger partial charge in [-0.15, -0.1) is 0 Å². The zero-order valence-electron chi connectivity index (χ0n) is 23.8. The molecule has 8 heteroatoms. The lowest BCUT2D eigenvalue weighted by Crippen LogP contribution is -2.48. The van der Waals surface area contributed by atoms with Gasteiger partial charge in [-0.3, -0.25) is 4.90 Å². The van der Waals surface area contributed by atoms with Crippen molar-refractivity contribution in [2.24, 2.45) is 0 Å². The molecule has 3 aliphatic rings.